The highest BCUT2D eigenvalue weighted by Gasteiger charge is 2.29. The Balaban J connectivity index is 2.49. The van der Waals surface area contributed by atoms with E-state index in [1.807, 2.05) is 13.8 Å². The van der Waals surface area contributed by atoms with Gasteiger partial charge in [0.05, 0.1) is 5.75 Å². The normalized spacial score (nSPS) is 24.7. The monoisotopic (exact) mass is 283 g/mol. The molecule has 1 saturated heterocycles. The van der Waals surface area contributed by atoms with Crippen molar-refractivity contribution in [1.82, 2.24) is 4.31 Å². The van der Waals surface area contributed by atoms with Gasteiger partial charge in [0, 0.05) is 17.9 Å². The van der Waals surface area contributed by atoms with E-state index < -0.39 is 10.0 Å². The maximum absolute atomic E-state index is 11.8. The quantitative estimate of drug-likeness (QED) is 0.739. The zero-order valence-electron chi connectivity index (χ0n) is 8.74. The number of alkyl halides is 1. The molecule has 3 nitrogen and oxygen atoms in total. The van der Waals surface area contributed by atoms with Crippen LogP contribution in [-0.4, -0.2) is 36.4 Å². The molecule has 1 fully saturated rings. The highest BCUT2D eigenvalue weighted by Crippen LogP contribution is 2.20. The van der Waals surface area contributed by atoms with Crippen LogP contribution in [0.3, 0.4) is 0 Å². The minimum Gasteiger partial charge on any atom is -0.212 e. The molecule has 1 rings (SSSR count). The second kappa shape index (κ2) is 4.94. The van der Waals surface area contributed by atoms with Crippen LogP contribution in [0.2, 0.25) is 0 Å². The van der Waals surface area contributed by atoms with Gasteiger partial charge in [-0.05, 0) is 18.8 Å². The average Bonchev–Trinajstić information content (AvgIpc) is 2.49. The average molecular weight is 284 g/mol. The van der Waals surface area contributed by atoms with Crippen LogP contribution in [0, 0.1) is 5.92 Å². The molecule has 5 heteroatoms. The first-order valence-corrected chi connectivity index (χ1v) is 7.56. The zero-order chi connectivity index (χ0) is 10.8. The van der Waals surface area contributed by atoms with Gasteiger partial charge in [0.25, 0.3) is 0 Å². The summed E-state index contributed by atoms with van der Waals surface area (Å²) in [7, 11) is -2.98. The summed E-state index contributed by atoms with van der Waals surface area (Å²) in [5, 5.41) is 0. The van der Waals surface area contributed by atoms with Crippen molar-refractivity contribution < 1.29 is 8.42 Å². The first-order valence-electron chi connectivity index (χ1n) is 5.03. The van der Waals surface area contributed by atoms with Crippen LogP contribution in [0.5, 0.6) is 0 Å². The van der Waals surface area contributed by atoms with E-state index in [1.54, 1.807) is 4.31 Å². The lowest BCUT2D eigenvalue weighted by Crippen LogP contribution is -2.31. The fourth-order valence-corrected chi connectivity index (χ4v) is 4.02. The van der Waals surface area contributed by atoms with Crippen molar-refractivity contribution >= 4 is 26.0 Å². The van der Waals surface area contributed by atoms with E-state index in [-0.39, 0.29) is 0 Å². The Kier molecular flexibility index (Phi) is 4.40. The van der Waals surface area contributed by atoms with Crippen LogP contribution in [0.15, 0.2) is 0 Å². The molecule has 1 aliphatic heterocycles. The number of sulfonamides is 1. The molecule has 0 bridgehead atoms. The van der Waals surface area contributed by atoms with Crippen LogP contribution in [0.1, 0.15) is 26.7 Å². The minimum absolute atomic E-state index is 0.296. The molecule has 1 unspecified atom stereocenters. The summed E-state index contributed by atoms with van der Waals surface area (Å²) in [5.74, 6) is 0.747. The van der Waals surface area contributed by atoms with E-state index in [1.165, 1.54) is 0 Å². The van der Waals surface area contributed by atoms with Gasteiger partial charge in [-0.3, -0.25) is 0 Å². The summed E-state index contributed by atoms with van der Waals surface area (Å²) in [5.41, 5.74) is 0. The molecular formula is C9H18BrNO2S. The largest absolute Gasteiger partial charge is 0.214 e. The van der Waals surface area contributed by atoms with Crippen molar-refractivity contribution in [3.8, 4) is 0 Å². The summed E-state index contributed by atoms with van der Waals surface area (Å²) in [4.78, 5) is 0.344. The SMILES string of the molecule is CC(C)CCS(=O)(=O)N1CCC(Br)C1. The predicted octanol–water partition coefficient (Wildman–Crippen LogP) is 1.83. The lowest BCUT2D eigenvalue weighted by atomic mass is 10.2. The van der Waals surface area contributed by atoms with Crippen molar-refractivity contribution in [3.05, 3.63) is 0 Å². The molecule has 0 aromatic carbocycles. The Hall–Kier alpha value is 0.390. The van der Waals surface area contributed by atoms with Gasteiger partial charge in [0.2, 0.25) is 10.0 Å². The smallest absolute Gasteiger partial charge is 0.212 e. The van der Waals surface area contributed by atoms with E-state index in [0.717, 1.165) is 12.8 Å². The van der Waals surface area contributed by atoms with Crippen LogP contribution >= 0.6 is 15.9 Å². The molecule has 0 radical (unpaired) electrons. The van der Waals surface area contributed by atoms with E-state index in [2.05, 4.69) is 15.9 Å². The number of rotatable bonds is 4. The van der Waals surface area contributed by atoms with Gasteiger partial charge in [-0.2, -0.15) is 0 Å². The van der Waals surface area contributed by atoms with Gasteiger partial charge in [-0.1, -0.05) is 29.8 Å². The number of halogens is 1. The predicted molar refractivity (Wildman–Crippen MR) is 62.1 cm³/mol. The Labute approximate surface area is 95.0 Å². The maximum atomic E-state index is 11.8. The van der Waals surface area contributed by atoms with Crippen molar-refractivity contribution in [3.63, 3.8) is 0 Å². The molecule has 0 saturated carbocycles. The van der Waals surface area contributed by atoms with E-state index in [9.17, 15) is 8.42 Å². The third-order valence-electron chi connectivity index (χ3n) is 2.44. The summed E-state index contributed by atoms with van der Waals surface area (Å²) in [6.45, 7) is 5.41. The van der Waals surface area contributed by atoms with E-state index >= 15 is 0 Å². The van der Waals surface area contributed by atoms with Crippen molar-refractivity contribution in [2.45, 2.75) is 31.5 Å². The summed E-state index contributed by atoms with van der Waals surface area (Å²) in [6.07, 6.45) is 1.69. The second-order valence-corrected chi connectivity index (χ2v) is 7.63. The van der Waals surface area contributed by atoms with E-state index in [4.69, 9.17) is 0 Å². The number of hydrogen-bond acceptors (Lipinski definition) is 2. The Morgan fingerprint density at radius 3 is 2.57 bits per heavy atom. The lowest BCUT2D eigenvalue weighted by Gasteiger charge is -2.16. The van der Waals surface area contributed by atoms with Crippen LogP contribution in [0.25, 0.3) is 0 Å². The maximum Gasteiger partial charge on any atom is 0.214 e. The molecule has 14 heavy (non-hydrogen) atoms. The molecular weight excluding hydrogens is 266 g/mol. The highest BCUT2D eigenvalue weighted by molar-refractivity contribution is 9.09. The summed E-state index contributed by atoms with van der Waals surface area (Å²) < 4.78 is 25.2. The van der Waals surface area contributed by atoms with Gasteiger partial charge < -0.3 is 0 Å². The molecule has 84 valence electrons. The van der Waals surface area contributed by atoms with Crippen LogP contribution < -0.4 is 0 Å². The molecule has 1 heterocycles. The number of nitrogens with zero attached hydrogens (tertiary/aromatic N) is 1. The van der Waals surface area contributed by atoms with Crippen molar-refractivity contribution in [2.24, 2.45) is 5.92 Å². The van der Waals surface area contributed by atoms with Gasteiger partial charge in [0.15, 0.2) is 0 Å². The minimum atomic E-state index is -2.98. The lowest BCUT2D eigenvalue weighted by molar-refractivity contribution is 0.471. The molecule has 0 N–H and O–H groups in total. The fourth-order valence-electron chi connectivity index (χ4n) is 1.45. The summed E-state index contributed by atoms with van der Waals surface area (Å²) in [6, 6.07) is 0. The van der Waals surface area contributed by atoms with E-state index in [0.29, 0.717) is 29.6 Å². The first-order chi connectivity index (χ1) is 6.42. The topological polar surface area (TPSA) is 37.4 Å². The molecule has 0 aliphatic carbocycles. The molecule has 0 spiro atoms. The third kappa shape index (κ3) is 3.51. The van der Waals surface area contributed by atoms with Gasteiger partial charge in [-0.15, -0.1) is 0 Å². The molecule has 1 atom stereocenters. The Morgan fingerprint density at radius 1 is 1.50 bits per heavy atom. The molecule has 0 aromatic heterocycles. The molecule has 0 aromatic rings. The second-order valence-electron chi connectivity index (χ2n) is 4.24. The molecule has 0 amide bonds. The number of hydrogen-bond donors (Lipinski definition) is 0. The van der Waals surface area contributed by atoms with Crippen molar-refractivity contribution in [1.29, 1.82) is 0 Å². The van der Waals surface area contributed by atoms with Gasteiger partial charge in [-0.25, -0.2) is 12.7 Å². The van der Waals surface area contributed by atoms with Gasteiger partial charge in [0.1, 0.15) is 0 Å². The Bertz CT molecular complexity index is 277. The van der Waals surface area contributed by atoms with Crippen molar-refractivity contribution in [2.75, 3.05) is 18.8 Å². The zero-order valence-corrected chi connectivity index (χ0v) is 11.1. The Morgan fingerprint density at radius 2 is 2.14 bits per heavy atom. The third-order valence-corrected chi connectivity index (χ3v) is 5.06. The highest BCUT2D eigenvalue weighted by atomic mass is 79.9. The van der Waals surface area contributed by atoms with Crippen LogP contribution in [-0.2, 0) is 10.0 Å². The summed E-state index contributed by atoms with van der Waals surface area (Å²) >= 11 is 3.45. The first kappa shape index (κ1) is 12.5. The fraction of sp³-hybridized carbons (Fsp3) is 1.00. The van der Waals surface area contributed by atoms with Gasteiger partial charge >= 0.3 is 0 Å². The standard InChI is InChI=1S/C9H18BrNO2S/c1-8(2)4-6-14(12,13)11-5-3-9(10)7-11/h8-9H,3-7H2,1-2H3. The molecule has 1 aliphatic rings. The van der Waals surface area contributed by atoms with Crippen LogP contribution in [0.4, 0.5) is 0 Å².